The number of imide groups is 1. The number of non-ortho nitro benzene ring substituents is 1. The lowest BCUT2D eigenvalue weighted by Crippen LogP contribution is -2.49. The molecule has 156 valence electrons. The number of nitro groups is 1. The Bertz CT molecular complexity index is 853. The van der Waals surface area contributed by atoms with E-state index in [4.69, 9.17) is 5.73 Å². The Kier molecular flexibility index (Phi) is 6.80. The number of hydrogen-bond donors (Lipinski definition) is 3. The van der Waals surface area contributed by atoms with Crippen molar-refractivity contribution in [1.82, 2.24) is 10.6 Å². The molecule has 0 aromatic heterocycles. The van der Waals surface area contributed by atoms with Gasteiger partial charge in [-0.25, -0.2) is 0 Å². The SMILES string of the molecule is CC(C)[C@H](NC(=O)CC(N)c1cccc([N+](=O)[O-])c1)C(=O)[C@@H]1C(=O)NC(=O)[C@H]1C. The highest BCUT2D eigenvalue weighted by Gasteiger charge is 2.46. The number of ketones is 1. The third kappa shape index (κ3) is 5.02. The first-order valence-corrected chi connectivity index (χ1v) is 9.20. The zero-order valence-corrected chi connectivity index (χ0v) is 16.4. The molecular formula is C19H24N4O6. The van der Waals surface area contributed by atoms with Gasteiger partial charge < -0.3 is 11.1 Å². The monoisotopic (exact) mass is 404 g/mol. The summed E-state index contributed by atoms with van der Waals surface area (Å²) in [6.07, 6.45) is -0.205. The number of nitrogens with two attached hydrogens (primary N) is 1. The molecule has 3 amide bonds. The summed E-state index contributed by atoms with van der Waals surface area (Å²) in [6.45, 7) is 4.91. The van der Waals surface area contributed by atoms with Crippen LogP contribution >= 0.6 is 0 Å². The molecular weight excluding hydrogens is 380 g/mol. The quantitative estimate of drug-likeness (QED) is 0.247. The van der Waals surface area contributed by atoms with Gasteiger partial charge in [0.2, 0.25) is 17.7 Å². The van der Waals surface area contributed by atoms with E-state index < -0.39 is 52.3 Å². The minimum absolute atomic E-state index is 0.139. The largest absolute Gasteiger partial charge is 0.346 e. The normalized spacial score (nSPS) is 20.9. The molecule has 0 saturated carbocycles. The lowest BCUT2D eigenvalue weighted by atomic mass is 9.85. The number of amides is 3. The van der Waals surface area contributed by atoms with Crippen molar-refractivity contribution in [2.24, 2.45) is 23.5 Å². The Hall–Kier alpha value is -3.14. The first kappa shape index (κ1) is 22.2. The van der Waals surface area contributed by atoms with Crippen LogP contribution in [0.1, 0.15) is 38.8 Å². The summed E-state index contributed by atoms with van der Waals surface area (Å²) >= 11 is 0. The highest BCUT2D eigenvalue weighted by Crippen LogP contribution is 2.24. The van der Waals surface area contributed by atoms with E-state index in [0.717, 1.165) is 0 Å². The molecule has 4 atom stereocenters. The average molecular weight is 404 g/mol. The lowest BCUT2D eigenvalue weighted by Gasteiger charge is -2.25. The van der Waals surface area contributed by atoms with Crippen LogP contribution in [0.2, 0.25) is 0 Å². The molecule has 0 radical (unpaired) electrons. The van der Waals surface area contributed by atoms with Gasteiger partial charge >= 0.3 is 0 Å². The number of carbonyl (C=O) groups excluding carboxylic acids is 4. The molecule has 1 saturated heterocycles. The van der Waals surface area contributed by atoms with Crippen molar-refractivity contribution >= 4 is 29.2 Å². The second kappa shape index (κ2) is 8.91. The molecule has 10 heteroatoms. The van der Waals surface area contributed by atoms with E-state index in [1.54, 1.807) is 19.9 Å². The summed E-state index contributed by atoms with van der Waals surface area (Å²) in [5.74, 6) is -4.53. The predicted octanol–water partition coefficient (Wildman–Crippen LogP) is 0.603. The number of benzene rings is 1. The van der Waals surface area contributed by atoms with E-state index in [1.165, 1.54) is 25.1 Å². The van der Waals surface area contributed by atoms with Crippen molar-refractivity contribution in [3.8, 4) is 0 Å². The number of nitrogens with one attached hydrogen (secondary N) is 2. The van der Waals surface area contributed by atoms with Gasteiger partial charge in [-0.2, -0.15) is 0 Å². The summed E-state index contributed by atoms with van der Waals surface area (Å²) in [7, 11) is 0. The molecule has 1 aliphatic heterocycles. The Balaban J connectivity index is 2.09. The number of nitro benzene ring substituents is 1. The molecule has 1 aromatic carbocycles. The van der Waals surface area contributed by atoms with Gasteiger partial charge in [-0.05, 0) is 11.5 Å². The van der Waals surface area contributed by atoms with Crippen LogP contribution in [-0.2, 0) is 19.2 Å². The summed E-state index contributed by atoms with van der Waals surface area (Å²) in [6, 6.07) is 3.88. The van der Waals surface area contributed by atoms with Crippen molar-refractivity contribution in [2.75, 3.05) is 0 Å². The van der Waals surface area contributed by atoms with Crippen molar-refractivity contribution < 1.29 is 24.1 Å². The Morgan fingerprint density at radius 2 is 1.93 bits per heavy atom. The van der Waals surface area contributed by atoms with Gasteiger partial charge in [0.15, 0.2) is 5.78 Å². The van der Waals surface area contributed by atoms with Crippen molar-refractivity contribution in [2.45, 2.75) is 39.3 Å². The third-order valence-corrected chi connectivity index (χ3v) is 4.95. The summed E-state index contributed by atoms with van der Waals surface area (Å²) in [5, 5.41) is 15.6. The fourth-order valence-electron chi connectivity index (χ4n) is 3.25. The van der Waals surface area contributed by atoms with Gasteiger partial charge in [0.25, 0.3) is 5.69 Å². The van der Waals surface area contributed by atoms with Crippen LogP contribution in [0.3, 0.4) is 0 Å². The number of Topliss-reactive ketones (excluding diaryl/α,β-unsaturated/α-hetero) is 1. The first-order valence-electron chi connectivity index (χ1n) is 9.20. The van der Waals surface area contributed by atoms with Crippen LogP contribution in [0.15, 0.2) is 24.3 Å². The molecule has 4 N–H and O–H groups in total. The van der Waals surface area contributed by atoms with Crippen LogP contribution in [0.4, 0.5) is 5.69 Å². The van der Waals surface area contributed by atoms with Gasteiger partial charge in [-0.15, -0.1) is 0 Å². The van der Waals surface area contributed by atoms with E-state index in [1.807, 2.05) is 0 Å². The van der Waals surface area contributed by atoms with Gasteiger partial charge in [0.1, 0.15) is 5.92 Å². The average Bonchev–Trinajstić information content (AvgIpc) is 2.90. The molecule has 1 heterocycles. The smallest absolute Gasteiger partial charge is 0.269 e. The van der Waals surface area contributed by atoms with E-state index in [-0.39, 0.29) is 18.0 Å². The van der Waals surface area contributed by atoms with E-state index in [9.17, 15) is 29.3 Å². The van der Waals surface area contributed by atoms with Gasteiger partial charge in [-0.1, -0.05) is 32.9 Å². The molecule has 1 aliphatic rings. The molecule has 0 bridgehead atoms. The zero-order chi connectivity index (χ0) is 21.9. The molecule has 0 spiro atoms. The number of rotatable bonds is 8. The van der Waals surface area contributed by atoms with Gasteiger partial charge in [0.05, 0.1) is 16.9 Å². The number of carbonyl (C=O) groups is 4. The maximum atomic E-state index is 12.8. The second-order valence-electron chi connectivity index (χ2n) is 7.47. The van der Waals surface area contributed by atoms with E-state index in [2.05, 4.69) is 10.6 Å². The molecule has 1 fully saturated rings. The number of nitrogens with zero attached hydrogens (tertiary/aromatic N) is 1. The molecule has 10 nitrogen and oxygen atoms in total. The molecule has 2 rings (SSSR count). The van der Waals surface area contributed by atoms with E-state index in [0.29, 0.717) is 5.56 Å². The van der Waals surface area contributed by atoms with Crippen molar-refractivity contribution in [1.29, 1.82) is 0 Å². The predicted molar refractivity (Wildman–Crippen MR) is 102 cm³/mol. The van der Waals surface area contributed by atoms with Crippen LogP contribution < -0.4 is 16.4 Å². The third-order valence-electron chi connectivity index (χ3n) is 4.95. The maximum absolute atomic E-state index is 12.8. The van der Waals surface area contributed by atoms with Crippen molar-refractivity contribution in [3.05, 3.63) is 39.9 Å². The molecule has 0 aliphatic carbocycles. The Labute approximate surface area is 167 Å². The minimum Gasteiger partial charge on any atom is -0.346 e. The Morgan fingerprint density at radius 1 is 1.28 bits per heavy atom. The summed E-state index contributed by atoms with van der Waals surface area (Å²) in [4.78, 5) is 59.2. The van der Waals surface area contributed by atoms with Crippen LogP contribution in [-0.4, -0.2) is 34.5 Å². The molecule has 1 aromatic rings. The summed E-state index contributed by atoms with van der Waals surface area (Å²) < 4.78 is 0. The Morgan fingerprint density at radius 3 is 2.45 bits per heavy atom. The molecule has 29 heavy (non-hydrogen) atoms. The van der Waals surface area contributed by atoms with Crippen LogP contribution in [0.25, 0.3) is 0 Å². The van der Waals surface area contributed by atoms with Crippen LogP contribution in [0.5, 0.6) is 0 Å². The highest BCUT2D eigenvalue weighted by atomic mass is 16.6. The standard InChI is InChI=1S/C19H24N4O6/c1-9(2)16(17(25)15-10(3)18(26)22-19(15)27)21-14(24)8-13(20)11-5-4-6-12(7-11)23(28)29/h4-7,9-10,13,15-16H,8,20H2,1-3H3,(H,21,24)(H,22,26,27)/t10-,13?,15+,16-/m0/s1. The first-order chi connectivity index (χ1) is 13.5. The lowest BCUT2D eigenvalue weighted by molar-refractivity contribution is -0.384. The number of hydrogen-bond acceptors (Lipinski definition) is 7. The summed E-state index contributed by atoms with van der Waals surface area (Å²) in [5.41, 5.74) is 6.27. The van der Waals surface area contributed by atoms with Crippen LogP contribution in [0, 0.1) is 27.9 Å². The van der Waals surface area contributed by atoms with Crippen molar-refractivity contribution in [3.63, 3.8) is 0 Å². The van der Waals surface area contributed by atoms with Gasteiger partial charge in [0, 0.05) is 24.6 Å². The highest BCUT2D eigenvalue weighted by molar-refractivity contribution is 6.16. The van der Waals surface area contributed by atoms with Gasteiger partial charge in [-0.3, -0.25) is 34.6 Å². The fourth-order valence-corrected chi connectivity index (χ4v) is 3.25. The second-order valence-corrected chi connectivity index (χ2v) is 7.47. The van der Waals surface area contributed by atoms with E-state index >= 15 is 0 Å². The maximum Gasteiger partial charge on any atom is 0.269 e. The fraction of sp³-hybridized carbons (Fsp3) is 0.474. The minimum atomic E-state index is -1.15. The molecule has 1 unspecified atom stereocenters. The topological polar surface area (TPSA) is 162 Å². The zero-order valence-electron chi connectivity index (χ0n) is 16.4.